The molecule has 3 nitrogen and oxygen atoms in total. The molecule has 0 spiro atoms. The number of allylic oxidation sites excluding steroid dienone is 3. The second-order valence-corrected chi connectivity index (χ2v) is 8.43. The van der Waals surface area contributed by atoms with Crippen molar-refractivity contribution in [3.8, 4) is 0 Å². The number of benzene rings is 1. The van der Waals surface area contributed by atoms with Gasteiger partial charge in [-0.05, 0) is 55.7 Å². The van der Waals surface area contributed by atoms with E-state index in [4.69, 9.17) is 4.99 Å². The van der Waals surface area contributed by atoms with Crippen LogP contribution in [0.2, 0.25) is 0 Å². The summed E-state index contributed by atoms with van der Waals surface area (Å²) < 4.78 is 1.06. The summed E-state index contributed by atoms with van der Waals surface area (Å²) in [6.07, 6.45) is 12.1. The number of aromatic nitrogens is 1. The fraction of sp³-hybridized carbons (Fsp3) is 0.250. The number of fused-ring (bicyclic) bond motifs is 4. The van der Waals surface area contributed by atoms with Gasteiger partial charge in [0.1, 0.15) is 5.54 Å². The molecular formula is C24H23BrN2O. The van der Waals surface area contributed by atoms with Gasteiger partial charge in [0, 0.05) is 40.3 Å². The first-order chi connectivity index (χ1) is 13.5. The van der Waals surface area contributed by atoms with Gasteiger partial charge in [0.2, 0.25) is 5.56 Å². The highest BCUT2D eigenvalue weighted by Gasteiger charge is 2.46. The highest BCUT2D eigenvalue weighted by Crippen LogP contribution is 2.51. The lowest BCUT2D eigenvalue weighted by atomic mass is 9.63. The molecule has 0 aliphatic heterocycles. The predicted molar refractivity (Wildman–Crippen MR) is 120 cm³/mol. The second-order valence-electron chi connectivity index (χ2n) is 7.51. The number of pyridine rings is 1. The Morgan fingerprint density at radius 3 is 2.93 bits per heavy atom. The Kier molecular flexibility index (Phi) is 5.07. The molecule has 1 aromatic heterocycles. The minimum atomic E-state index is -0.433. The lowest BCUT2D eigenvalue weighted by Gasteiger charge is -2.45. The third kappa shape index (κ3) is 3.37. The van der Waals surface area contributed by atoms with E-state index >= 15 is 0 Å². The molecule has 2 atom stereocenters. The largest absolute Gasteiger partial charge is 0.326 e. The van der Waals surface area contributed by atoms with Gasteiger partial charge in [-0.2, -0.15) is 0 Å². The van der Waals surface area contributed by atoms with Crippen molar-refractivity contribution in [2.75, 3.05) is 0 Å². The summed E-state index contributed by atoms with van der Waals surface area (Å²) in [7, 11) is 0. The molecule has 1 N–H and O–H groups in total. The number of hydrogen-bond acceptors (Lipinski definition) is 2. The van der Waals surface area contributed by atoms with E-state index in [0.717, 1.165) is 34.1 Å². The zero-order valence-corrected chi connectivity index (χ0v) is 17.7. The summed E-state index contributed by atoms with van der Waals surface area (Å²) >= 11 is 3.50. The van der Waals surface area contributed by atoms with E-state index in [1.54, 1.807) is 6.07 Å². The molecule has 28 heavy (non-hydrogen) atoms. The molecule has 4 rings (SSSR count). The van der Waals surface area contributed by atoms with Crippen molar-refractivity contribution in [1.82, 2.24) is 4.98 Å². The molecule has 1 aromatic carbocycles. The number of rotatable bonds is 3. The molecule has 2 aromatic rings. The van der Waals surface area contributed by atoms with Crippen LogP contribution in [0.25, 0.3) is 6.08 Å². The number of halogens is 1. The molecule has 0 amide bonds. The molecule has 2 aliphatic rings. The van der Waals surface area contributed by atoms with Crippen molar-refractivity contribution in [3.63, 3.8) is 0 Å². The summed E-state index contributed by atoms with van der Waals surface area (Å²) in [5, 5.41) is 0. The maximum Gasteiger partial charge on any atom is 0.248 e. The van der Waals surface area contributed by atoms with Crippen LogP contribution < -0.4 is 5.56 Å². The molecule has 0 fully saturated rings. The zero-order chi connectivity index (χ0) is 19.7. The fourth-order valence-corrected chi connectivity index (χ4v) is 5.00. The van der Waals surface area contributed by atoms with Crippen LogP contribution in [0.4, 0.5) is 0 Å². The first kappa shape index (κ1) is 18.9. The molecule has 2 aliphatic carbocycles. The first-order valence-electron chi connectivity index (χ1n) is 9.56. The lowest BCUT2D eigenvalue weighted by Crippen LogP contribution is -2.40. The summed E-state index contributed by atoms with van der Waals surface area (Å²) in [5.41, 5.74) is 5.45. The minimum Gasteiger partial charge on any atom is -0.326 e. The molecule has 0 saturated carbocycles. The topological polar surface area (TPSA) is 45.2 Å². The van der Waals surface area contributed by atoms with E-state index in [1.807, 2.05) is 30.5 Å². The second kappa shape index (κ2) is 7.51. The van der Waals surface area contributed by atoms with E-state index < -0.39 is 5.54 Å². The van der Waals surface area contributed by atoms with Gasteiger partial charge < -0.3 is 4.98 Å². The molecule has 0 unspecified atom stereocenters. The van der Waals surface area contributed by atoms with Gasteiger partial charge in [0.15, 0.2) is 0 Å². The third-order valence-corrected chi connectivity index (χ3v) is 6.09. The van der Waals surface area contributed by atoms with Gasteiger partial charge in [-0.25, -0.2) is 0 Å². The third-order valence-electron chi connectivity index (χ3n) is 5.60. The number of nitrogens with zero attached hydrogens (tertiary/aromatic N) is 1. The van der Waals surface area contributed by atoms with Crippen LogP contribution in [0.15, 0.2) is 80.0 Å². The van der Waals surface area contributed by atoms with E-state index in [1.165, 1.54) is 11.1 Å². The number of nitrogens with one attached hydrogen (secondary N) is 1. The SMILES string of the molecule is C/C=C1\[C@H]2C=C(C)C[C@]1(N=C/C=C/c1cccc(Br)c1)c1ccc(=O)[nH]c1C2. The molecule has 0 radical (unpaired) electrons. The monoisotopic (exact) mass is 434 g/mol. The molecule has 4 heteroatoms. The Bertz CT molecular complexity index is 1090. The molecule has 142 valence electrons. The fourth-order valence-electron chi connectivity index (χ4n) is 4.59. The number of hydrogen-bond donors (Lipinski definition) is 1. The highest BCUT2D eigenvalue weighted by atomic mass is 79.9. The maximum atomic E-state index is 11.9. The summed E-state index contributed by atoms with van der Waals surface area (Å²) in [6, 6.07) is 11.8. The van der Waals surface area contributed by atoms with Crippen LogP contribution in [-0.4, -0.2) is 11.2 Å². The van der Waals surface area contributed by atoms with Crippen LogP contribution in [-0.2, 0) is 12.0 Å². The van der Waals surface area contributed by atoms with Gasteiger partial charge in [-0.3, -0.25) is 9.79 Å². The number of aliphatic imine (C=N–C) groups is 1. The van der Waals surface area contributed by atoms with Crippen molar-refractivity contribution in [3.05, 3.63) is 97.4 Å². The van der Waals surface area contributed by atoms with Crippen molar-refractivity contribution >= 4 is 28.2 Å². The summed E-state index contributed by atoms with van der Waals surface area (Å²) in [5.74, 6) is 0.288. The molecule has 1 heterocycles. The van der Waals surface area contributed by atoms with E-state index in [9.17, 15) is 4.79 Å². The Morgan fingerprint density at radius 2 is 2.14 bits per heavy atom. The first-order valence-corrected chi connectivity index (χ1v) is 10.4. The molecule has 0 saturated heterocycles. The van der Waals surface area contributed by atoms with Crippen LogP contribution in [0.3, 0.4) is 0 Å². The van der Waals surface area contributed by atoms with Crippen LogP contribution >= 0.6 is 15.9 Å². The van der Waals surface area contributed by atoms with Crippen molar-refractivity contribution in [2.45, 2.75) is 32.2 Å². The Morgan fingerprint density at radius 1 is 1.29 bits per heavy atom. The van der Waals surface area contributed by atoms with Gasteiger partial charge in [-0.1, -0.05) is 51.9 Å². The van der Waals surface area contributed by atoms with Gasteiger partial charge in [0.05, 0.1) is 0 Å². The lowest BCUT2D eigenvalue weighted by molar-refractivity contribution is 0.413. The minimum absolute atomic E-state index is 0.0462. The van der Waals surface area contributed by atoms with Gasteiger partial charge in [0.25, 0.3) is 0 Å². The van der Waals surface area contributed by atoms with E-state index in [2.05, 4.69) is 65.1 Å². The van der Waals surface area contributed by atoms with Crippen LogP contribution in [0.1, 0.15) is 37.1 Å². The standard InChI is InChI=1S/C24H23BrN2O/c1-3-20-18-12-16(2)15-24(20,21-9-10-23(28)27-22(21)14-18)26-11-5-7-17-6-4-8-19(25)13-17/h3-13,18H,14-15H2,1-2H3,(H,27,28)/b7-5+,20-3+,26-11?/t18-,24+/m0/s1. The van der Waals surface area contributed by atoms with Crippen LogP contribution in [0.5, 0.6) is 0 Å². The van der Waals surface area contributed by atoms with Crippen molar-refractivity contribution in [2.24, 2.45) is 10.9 Å². The highest BCUT2D eigenvalue weighted by molar-refractivity contribution is 9.10. The maximum absolute atomic E-state index is 11.9. The van der Waals surface area contributed by atoms with Crippen LogP contribution in [0, 0.1) is 5.92 Å². The van der Waals surface area contributed by atoms with E-state index in [0.29, 0.717) is 0 Å². The van der Waals surface area contributed by atoms with Gasteiger partial charge >= 0.3 is 0 Å². The van der Waals surface area contributed by atoms with Crippen molar-refractivity contribution in [1.29, 1.82) is 0 Å². The predicted octanol–water partition coefficient (Wildman–Crippen LogP) is 5.59. The zero-order valence-electron chi connectivity index (χ0n) is 16.1. The number of aromatic amines is 1. The number of H-pyrrole nitrogens is 1. The Balaban J connectivity index is 1.77. The van der Waals surface area contributed by atoms with Crippen molar-refractivity contribution < 1.29 is 0 Å². The summed E-state index contributed by atoms with van der Waals surface area (Å²) in [6.45, 7) is 4.27. The average molecular weight is 435 g/mol. The average Bonchev–Trinajstić information content (AvgIpc) is 2.64. The normalized spacial score (nSPS) is 25.3. The quantitative estimate of drug-likeness (QED) is 0.496. The van der Waals surface area contributed by atoms with Gasteiger partial charge in [-0.15, -0.1) is 0 Å². The smallest absolute Gasteiger partial charge is 0.248 e. The Labute approximate surface area is 173 Å². The Hall–Kier alpha value is -2.46. The summed E-state index contributed by atoms with van der Waals surface area (Å²) in [4.78, 5) is 20.0. The van der Waals surface area contributed by atoms with E-state index in [-0.39, 0.29) is 11.5 Å². The molecule has 2 bridgehead atoms. The molecular weight excluding hydrogens is 412 g/mol.